The van der Waals surface area contributed by atoms with E-state index in [1.165, 1.54) is 12.1 Å². The number of hydrogen-bond acceptors (Lipinski definition) is 5. The van der Waals surface area contributed by atoms with Gasteiger partial charge in [-0.2, -0.15) is 10.5 Å². The number of carbonyl (C=O) groups is 2. The van der Waals surface area contributed by atoms with Gasteiger partial charge in [-0.05, 0) is 42.0 Å². The molecule has 0 unspecified atom stereocenters. The van der Waals surface area contributed by atoms with Gasteiger partial charge in [-0.25, -0.2) is 9.79 Å². The lowest BCUT2D eigenvalue weighted by Crippen LogP contribution is -2.06. The number of aromatic carboxylic acids is 1. The largest absolute Gasteiger partial charge is 0.494 e. The Kier molecular flexibility index (Phi) is 5.40. The molecule has 0 saturated heterocycles. The van der Waals surface area contributed by atoms with E-state index in [1.54, 1.807) is 65.2 Å². The van der Waals surface area contributed by atoms with Crippen molar-refractivity contribution in [2.45, 2.75) is 6.54 Å². The van der Waals surface area contributed by atoms with Crippen molar-refractivity contribution in [2.75, 3.05) is 0 Å². The zero-order valence-corrected chi connectivity index (χ0v) is 18.6. The fraction of sp³-hybridized carbons (Fsp3) is 0.0357. The quantitative estimate of drug-likeness (QED) is 0.443. The Labute approximate surface area is 205 Å². The van der Waals surface area contributed by atoms with Gasteiger partial charge in [-0.15, -0.1) is 0 Å². The Hall–Kier alpha value is -5.47. The van der Waals surface area contributed by atoms with Crippen molar-refractivity contribution in [1.82, 2.24) is 4.57 Å². The molecule has 3 aromatic carbocycles. The number of fused-ring (bicyclic) bond motifs is 1. The predicted molar refractivity (Wildman–Crippen MR) is 130 cm³/mol. The monoisotopic (exact) mass is 472 g/mol. The molecule has 0 aliphatic carbocycles. The van der Waals surface area contributed by atoms with E-state index in [0.717, 1.165) is 0 Å². The van der Waals surface area contributed by atoms with E-state index < -0.39 is 11.9 Å². The number of benzene rings is 3. The molecule has 2 N–H and O–H groups in total. The number of carbonyl (C=O) groups excluding carboxylic acids is 1. The first-order chi connectivity index (χ1) is 17.4. The normalized spacial score (nSPS) is 11.9. The summed E-state index contributed by atoms with van der Waals surface area (Å²) in [6.07, 6.45) is 0. The maximum Gasteiger partial charge on any atom is 0.335 e. The lowest BCUT2D eigenvalue weighted by atomic mass is 9.98. The molecular formula is C28H16N4O4. The highest BCUT2D eigenvalue weighted by Crippen LogP contribution is 2.41. The average molecular weight is 472 g/mol. The van der Waals surface area contributed by atoms with Crippen molar-refractivity contribution < 1.29 is 19.8 Å². The average Bonchev–Trinajstić information content (AvgIpc) is 3.39. The van der Waals surface area contributed by atoms with E-state index in [0.29, 0.717) is 33.5 Å². The summed E-state index contributed by atoms with van der Waals surface area (Å²) in [5.41, 5.74) is 3.73. The van der Waals surface area contributed by atoms with Crippen LogP contribution in [0.5, 0.6) is 5.88 Å². The van der Waals surface area contributed by atoms with E-state index >= 15 is 0 Å². The number of carboxylic acid groups (broad SMARTS) is 1. The van der Waals surface area contributed by atoms with E-state index in [9.17, 15) is 30.3 Å². The summed E-state index contributed by atoms with van der Waals surface area (Å²) in [4.78, 5) is 28.6. The summed E-state index contributed by atoms with van der Waals surface area (Å²) in [6.45, 7) is 0.129. The number of aromatic hydroxyl groups is 1. The highest BCUT2D eigenvalue weighted by molar-refractivity contribution is 6.30. The van der Waals surface area contributed by atoms with Crippen molar-refractivity contribution >= 4 is 17.6 Å². The van der Waals surface area contributed by atoms with Gasteiger partial charge in [0, 0.05) is 11.1 Å². The molecule has 2 heterocycles. The van der Waals surface area contributed by atoms with Crippen molar-refractivity contribution in [3.05, 3.63) is 112 Å². The molecule has 1 amide bonds. The van der Waals surface area contributed by atoms with Crippen LogP contribution in [0.3, 0.4) is 0 Å². The standard InChI is InChI=1S/C28H16N4O4/c29-13-17-3-1-5-20(11-17)24-22-23(26(33)31-24)25(21-6-2-4-18(12-21)14-30)32(27(22)34)15-16-7-9-19(10-8-16)28(35)36/h1-12,34H,15H2,(H,35,36). The van der Waals surface area contributed by atoms with E-state index in [1.807, 2.05) is 0 Å². The van der Waals surface area contributed by atoms with Crippen LogP contribution in [0.1, 0.15) is 48.5 Å². The van der Waals surface area contributed by atoms with Gasteiger partial charge in [-0.3, -0.25) is 4.79 Å². The third-order valence-electron chi connectivity index (χ3n) is 5.97. The van der Waals surface area contributed by atoms with Gasteiger partial charge in [0.1, 0.15) is 0 Å². The molecule has 0 atom stereocenters. The summed E-state index contributed by atoms with van der Waals surface area (Å²) in [5, 5.41) is 39.3. The number of nitriles is 2. The van der Waals surface area contributed by atoms with Crippen LogP contribution in [0.4, 0.5) is 0 Å². The summed E-state index contributed by atoms with van der Waals surface area (Å²) in [6, 6.07) is 23.6. The summed E-state index contributed by atoms with van der Waals surface area (Å²) in [5.74, 6) is -1.80. The molecule has 0 fully saturated rings. The van der Waals surface area contributed by atoms with Crippen molar-refractivity contribution in [1.29, 1.82) is 10.5 Å². The Morgan fingerprint density at radius 1 is 0.889 bits per heavy atom. The third kappa shape index (κ3) is 3.69. The highest BCUT2D eigenvalue weighted by Gasteiger charge is 2.36. The molecule has 1 aromatic heterocycles. The van der Waals surface area contributed by atoms with Gasteiger partial charge >= 0.3 is 5.97 Å². The summed E-state index contributed by atoms with van der Waals surface area (Å²) in [7, 11) is 0. The van der Waals surface area contributed by atoms with Crippen molar-refractivity contribution in [2.24, 2.45) is 4.99 Å². The second kappa shape index (κ2) is 8.71. The molecule has 0 spiro atoms. The Balaban J connectivity index is 1.72. The minimum absolute atomic E-state index is 0.127. The molecule has 5 rings (SSSR count). The fourth-order valence-corrected chi connectivity index (χ4v) is 4.32. The number of nitrogens with zero attached hydrogens (tertiary/aromatic N) is 4. The number of carboxylic acids is 1. The van der Waals surface area contributed by atoms with Crippen LogP contribution in [0, 0.1) is 22.7 Å². The highest BCUT2D eigenvalue weighted by atomic mass is 16.4. The number of amides is 1. The van der Waals surface area contributed by atoms with Gasteiger partial charge < -0.3 is 14.8 Å². The second-order valence-electron chi connectivity index (χ2n) is 8.16. The Bertz CT molecular complexity index is 1680. The first kappa shape index (κ1) is 22.3. The second-order valence-corrected chi connectivity index (χ2v) is 8.16. The summed E-state index contributed by atoms with van der Waals surface area (Å²) >= 11 is 0. The van der Waals surface area contributed by atoms with Crippen LogP contribution in [0.2, 0.25) is 0 Å². The van der Waals surface area contributed by atoms with Crippen LogP contribution in [0.15, 0.2) is 77.8 Å². The van der Waals surface area contributed by atoms with Crippen LogP contribution in [-0.4, -0.2) is 32.4 Å². The van der Waals surface area contributed by atoms with Gasteiger partial charge in [-0.1, -0.05) is 36.4 Å². The zero-order valence-electron chi connectivity index (χ0n) is 18.6. The first-order valence-electron chi connectivity index (χ1n) is 10.8. The van der Waals surface area contributed by atoms with Gasteiger partial charge in [0.05, 0.1) is 57.9 Å². The molecule has 0 radical (unpaired) electrons. The lowest BCUT2D eigenvalue weighted by molar-refractivity contribution is 0.0696. The van der Waals surface area contributed by atoms with Crippen LogP contribution < -0.4 is 0 Å². The van der Waals surface area contributed by atoms with E-state index in [2.05, 4.69) is 17.1 Å². The minimum atomic E-state index is -1.05. The maximum absolute atomic E-state index is 13.2. The summed E-state index contributed by atoms with van der Waals surface area (Å²) < 4.78 is 1.55. The molecule has 36 heavy (non-hydrogen) atoms. The van der Waals surface area contributed by atoms with Crippen LogP contribution in [0.25, 0.3) is 11.3 Å². The Morgan fingerprint density at radius 2 is 1.50 bits per heavy atom. The lowest BCUT2D eigenvalue weighted by Gasteiger charge is -2.13. The first-order valence-corrected chi connectivity index (χ1v) is 10.8. The number of rotatable bonds is 5. The van der Waals surface area contributed by atoms with Crippen molar-refractivity contribution in [3.8, 4) is 29.3 Å². The molecule has 172 valence electrons. The number of aliphatic imine (C=N–C) groups is 1. The third-order valence-corrected chi connectivity index (χ3v) is 5.97. The van der Waals surface area contributed by atoms with E-state index in [4.69, 9.17) is 0 Å². The Morgan fingerprint density at radius 3 is 2.11 bits per heavy atom. The van der Waals surface area contributed by atoms with E-state index in [-0.39, 0.29) is 34.8 Å². The molecule has 0 bridgehead atoms. The predicted octanol–water partition coefficient (Wildman–Crippen LogP) is 4.34. The van der Waals surface area contributed by atoms with Gasteiger partial charge in [0.25, 0.3) is 5.91 Å². The number of hydrogen-bond donors (Lipinski definition) is 2. The van der Waals surface area contributed by atoms with Gasteiger partial charge in [0.2, 0.25) is 5.88 Å². The molecule has 4 aromatic rings. The molecule has 8 heteroatoms. The molecule has 1 aliphatic rings. The van der Waals surface area contributed by atoms with Crippen LogP contribution in [-0.2, 0) is 6.54 Å². The SMILES string of the molecule is N#Cc1cccc(C2=NC(=O)c3c2c(O)n(Cc2ccc(C(=O)O)cc2)c3-c2cccc(C#N)c2)c1. The smallest absolute Gasteiger partial charge is 0.335 e. The number of aromatic nitrogens is 1. The van der Waals surface area contributed by atoms with Crippen molar-refractivity contribution in [3.63, 3.8) is 0 Å². The minimum Gasteiger partial charge on any atom is -0.494 e. The molecule has 8 nitrogen and oxygen atoms in total. The fourth-order valence-electron chi connectivity index (χ4n) is 4.32. The maximum atomic E-state index is 13.2. The molecular weight excluding hydrogens is 456 g/mol. The van der Waals surface area contributed by atoms with Gasteiger partial charge in [0.15, 0.2) is 0 Å². The zero-order chi connectivity index (χ0) is 25.4. The van der Waals surface area contributed by atoms with Crippen LogP contribution >= 0.6 is 0 Å². The molecule has 0 saturated carbocycles. The molecule has 1 aliphatic heterocycles. The topological polar surface area (TPSA) is 139 Å².